The van der Waals surface area contributed by atoms with Crippen LogP contribution >= 0.6 is 23.2 Å². The number of fused-ring (bicyclic) bond motifs is 2. The van der Waals surface area contributed by atoms with Crippen LogP contribution in [0.1, 0.15) is 50.6 Å². The molecule has 2 aliphatic rings. The molecule has 0 radical (unpaired) electrons. The number of nitrogens with one attached hydrogen (secondary N) is 1. The minimum Gasteiger partial charge on any atom is -0.349 e. The number of carbonyl (C=O) groups is 1. The van der Waals surface area contributed by atoms with E-state index >= 15 is 0 Å². The van der Waals surface area contributed by atoms with Gasteiger partial charge in [0.2, 0.25) is 5.91 Å². The van der Waals surface area contributed by atoms with Gasteiger partial charge in [-0.1, -0.05) is 23.2 Å². The van der Waals surface area contributed by atoms with Crippen LogP contribution in [0.4, 0.5) is 4.39 Å². The topological polar surface area (TPSA) is 29.1 Å². The molecule has 5 heteroatoms. The van der Waals surface area contributed by atoms with Crippen LogP contribution in [-0.4, -0.2) is 5.91 Å². The molecule has 2 bridgehead atoms. The van der Waals surface area contributed by atoms with E-state index in [9.17, 15) is 9.18 Å². The highest BCUT2D eigenvalue weighted by atomic mass is 35.5. The standard InChI is InChI=1S/C16H18Cl2FNO/c1-9(21)20-15(16-6-4-10(8-16)5-7-16)13-12(19)3-2-11(17)14(13)18/h2-3,10,15H,4-8H2,1H3,(H,20,21)/t10?,15-,16?/m1/s1. The van der Waals surface area contributed by atoms with Gasteiger partial charge in [-0.15, -0.1) is 0 Å². The predicted molar refractivity (Wildman–Crippen MR) is 82.0 cm³/mol. The van der Waals surface area contributed by atoms with E-state index in [4.69, 9.17) is 23.2 Å². The molecule has 1 atom stereocenters. The van der Waals surface area contributed by atoms with Crippen molar-refractivity contribution in [2.24, 2.45) is 11.3 Å². The molecule has 0 heterocycles. The molecule has 21 heavy (non-hydrogen) atoms. The molecule has 3 rings (SSSR count). The van der Waals surface area contributed by atoms with E-state index < -0.39 is 11.9 Å². The Morgan fingerprint density at radius 2 is 2.05 bits per heavy atom. The second-order valence-corrected chi connectivity index (χ2v) is 7.19. The van der Waals surface area contributed by atoms with Crippen LogP contribution in [0.2, 0.25) is 10.0 Å². The van der Waals surface area contributed by atoms with Crippen LogP contribution in [0.25, 0.3) is 0 Å². The van der Waals surface area contributed by atoms with Crippen molar-refractivity contribution in [1.29, 1.82) is 0 Å². The average Bonchev–Trinajstić information content (AvgIpc) is 3.03. The summed E-state index contributed by atoms with van der Waals surface area (Å²) in [6.45, 7) is 1.46. The first kappa shape index (κ1) is 15.1. The van der Waals surface area contributed by atoms with Crippen LogP contribution in [0.3, 0.4) is 0 Å². The van der Waals surface area contributed by atoms with Gasteiger partial charge in [-0.2, -0.15) is 0 Å². The van der Waals surface area contributed by atoms with Crippen molar-refractivity contribution in [2.75, 3.05) is 0 Å². The van der Waals surface area contributed by atoms with E-state index in [0.29, 0.717) is 16.5 Å². The zero-order chi connectivity index (χ0) is 15.2. The maximum Gasteiger partial charge on any atom is 0.217 e. The first-order chi connectivity index (χ1) is 9.93. The van der Waals surface area contributed by atoms with Gasteiger partial charge in [0.05, 0.1) is 16.1 Å². The number of halogens is 3. The van der Waals surface area contributed by atoms with E-state index in [1.54, 1.807) is 0 Å². The lowest BCUT2D eigenvalue weighted by atomic mass is 9.74. The van der Waals surface area contributed by atoms with Gasteiger partial charge in [0.1, 0.15) is 5.82 Å². The van der Waals surface area contributed by atoms with E-state index in [-0.39, 0.29) is 16.3 Å². The summed E-state index contributed by atoms with van der Waals surface area (Å²) in [6.07, 6.45) is 5.34. The van der Waals surface area contributed by atoms with E-state index in [1.165, 1.54) is 19.1 Å². The Bertz CT molecular complexity index is 582. The smallest absolute Gasteiger partial charge is 0.217 e. The Hall–Kier alpha value is -0.800. The molecule has 0 saturated heterocycles. The number of amides is 1. The van der Waals surface area contributed by atoms with Crippen molar-refractivity contribution in [3.63, 3.8) is 0 Å². The summed E-state index contributed by atoms with van der Waals surface area (Å²) in [5, 5.41) is 3.49. The summed E-state index contributed by atoms with van der Waals surface area (Å²) in [5.41, 5.74) is 0.271. The summed E-state index contributed by atoms with van der Waals surface area (Å²) >= 11 is 12.3. The summed E-state index contributed by atoms with van der Waals surface area (Å²) < 4.78 is 14.4. The zero-order valence-corrected chi connectivity index (χ0v) is 13.4. The van der Waals surface area contributed by atoms with Gasteiger partial charge in [0, 0.05) is 12.5 Å². The lowest BCUT2D eigenvalue weighted by Crippen LogP contribution is -2.38. The second kappa shape index (κ2) is 5.44. The van der Waals surface area contributed by atoms with Gasteiger partial charge >= 0.3 is 0 Å². The molecule has 2 nitrogen and oxygen atoms in total. The van der Waals surface area contributed by atoms with Gasteiger partial charge in [-0.3, -0.25) is 4.79 Å². The third kappa shape index (κ3) is 2.55. The van der Waals surface area contributed by atoms with Crippen molar-refractivity contribution < 1.29 is 9.18 Å². The summed E-state index contributed by atoms with van der Waals surface area (Å²) in [6, 6.07) is 2.39. The molecular weight excluding hydrogens is 312 g/mol. The molecule has 1 N–H and O–H groups in total. The number of carbonyl (C=O) groups excluding carboxylic acids is 1. The van der Waals surface area contributed by atoms with Crippen LogP contribution in [0.15, 0.2) is 12.1 Å². The number of hydrogen-bond acceptors (Lipinski definition) is 1. The van der Waals surface area contributed by atoms with Gasteiger partial charge in [-0.05, 0) is 55.6 Å². The maximum absolute atomic E-state index is 14.4. The minimum absolute atomic E-state index is 0.0779. The third-order valence-corrected chi connectivity index (χ3v) is 5.94. The molecule has 0 spiro atoms. The van der Waals surface area contributed by atoms with E-state index in [1.807, 2.05) is 0 Å². The Kier molecular flexibility index (Phi) is 3.91. The van der Waals surface area contributed by atoms with Crippen molar-refractivity contribution in [2.45, 2.75) is 45.1 Å². The monoisotopic (exact) mass is 329 g/mol. The molecule has 0 aliphatic heterocycles. The lowest BCUT2D eigenvalue weighted by Gasteiger charge is -2.37. The molecule has 2 fully saturated rings. The number of benzene rings is 1. The van der Waals surface area contributed by atoms with Gasteiger partial charge in [0.15, 0.2) is 0 Å². The van der Waals surface area contributed by atoms with Crippen LogP contribution in [-0.2, 0) is 4.79 Å². The highest BCUT2D eigenvalue weighted by Crippen LogP contribution is 2.60. The molecule has 1 amide bonds. The Balaban J connectivity index is 2.08. The predicted octanol–water partition coefficient (Wildman–Crippen LogP) is 4.89. The first-order valence-corrected chi connectivity index (χ1v) is 8.09. The molecule has 0 aromatic heterocycles. The van der Waals surface area contributed by atoms with Crippen molar-refractivity contribution in [3.05, 3.63) is 33.6 Å². The van der Waals surface area contributed by atoms with Gasteiger partial charge < -0.3 is 5.32 Å². The minimum atomic E-state index is -0.395. The molecule has 114 valence electrons. The Morgan fingerprint density at radius 1 is 1.38 bits per heavy atom. The normalized spacial score (nSPS) is 28.7. The van der Waals surface area contributed by atoms with E-state index in [2.05, 4.69) is 5.32 Å². The van der Waals surface area contributed by atoms with Crippen LogP contribution in [0.5, 0.6) is 0 Å². The fourth-order valence-corrected chi connectivity index (χ4v) is 4.61. The molecule has 1 aromatic rings. The highest BCUT2D eigenvalue weighted by molar-refractivity contribution is 6.42. The molecule has 1 aromatic carbocycles. The maximum atomic E-state index is 14.4. The lowest BCUT2D eigenvalue weighted by molar-refractivity contribution is -0.120. The van der Waals surface area contributed by atoms with Crippen molar-refractivity contribution in [1.82, 2.24) is 5.32 Å². The largest absolute Gasteiger partial charge is 0.349 e. The first-order valence-electron chi connectivity index (χ1n) is 7.33. The van der Waals surface area contributed by atoms with Crippen molar-refractivity contribution in [3.8, 4) is 0 Å². The van der Waals surface area contributed by atoms with Gasteiger partial charge in [-0.25, -0.2) is 4.39 Å². The number of hydrogen-bond donors (Lipinski definition) is 1. The van der Waals surface area contributed by atoms with E-state index in [0.717, 1.165) is 32.1 Å². The molecule has 0 unspecified atom stereocenters. The summed E-state index contributed by atoms with van der Waals surface area (Å²) in [5.74, 6) is 0.135. The molecular formula is C16H18Cl2FNO. The van der Waals surface area contributed by atoms with Crippen LogP contribution in [0, 0.1) is 17.2 Å². The SMILES string of the molecule is CC(=O)N[C@H](c1c(F)ccc(Cl)c1Cl)C12CCC(CC1)C2. The number of rotatable bonds is 3. The highest BCUT2D eigenvalue weighted by Gasteiger charge is 2.51. The van der Waals surface area contributed by atoms with Crippen LogP contribution < -0.4 is 5.32 Å². The third-order valence-electron chi connectivity index (χ3n) is 5.12. The second-order valence-electron chi connectivity index (χ2n) is 6.40. The fraction of sp³-hybridized carbons (Fsp3) is 0.562. The zero-order valence-electron chi connectivity index (χ0n) is 11.9. The average molecular weight is 330 g/mol. The van der Waals surface area contributed by atoms with Crippen molar-refractivity contribution >= 4 is 29.1 Å². The van der Waals surface area contributed by atoms with Gasteiger partial charge in [0.25, 0.3) is 0 Å². The summed E-state index contributed by atoms with van der Waals surface area (Å²) in [7, 11) is 0. The molecule has 2 saturated carbocycles. The summed E-state index contributed by atoms with van der Waals surface area (Å²) in [4.78, 5) is 11.7. The molecule has 2 aliphatic carbocycles. The fourth-order valence-electron chi connectivity index (χ4n) is 4.18. The quantitative estimate of drug-likeness (QED) is 0.786. The Labute approximate surface area is 134 Å². The Morgan fingerprint density at radius 3 is 2.57 bits per heavy atom.